The third kappa shape index (κ3) is 3.14. The van der Waals surface area contributed by atoms with Crippen molar-refractivity contribution in [3.8, 4) is 10.6 Å². The number of carbonyl (C=O) groups excluding carboxylic acids is 1. The highest BCUT2D eigenvalue weighted by molar-refractivity contribution is 7.19. The van der Waals surface area contributed by atoms with Crippen LogP contribution in [0, 0.1) is 18.7 Å². The zero-order valence-electron chi connectivity index (χ0n) is 10.9. The predicted molar refractivity (Wildman–Crippen MR) is 73.5 cm³/mol. The first-order chi connectivity index (χ1) is 8.97. The molecular formula is C13H14FN3OS. The van der Waals surface area contributed by atoms with Gasteiger partial charge in [-0.15, -0.1) is 0 Å². The van der Waals surface area contributed by atoms with Gasteiger partial charge in [-0.3, -0.25) is 9.78 Å². The average Bonchev–Trinajstić information content (AvgIpc) is 2.71. The molecule has 0 saturated heterocycles. The van der Waals surface area contributed by atoms with E-state index in [2.05, 4.69) is 15.3 Å². The van der Waals surface area contributed by atoms with E-state index >= 15 is 0 Å². The Bertz CT molecular complexity index is 610. The van der Waals surface area contributed by atoms with Crippen LogP contribution >= 0.6 is 11.3 Å². The van der Waals surface area contributed by atoms with Crippen molar-refractivity contribution in [2.24, 2.45) is 5.92 Å². The molecule has 0 aliphatic heterocycles. The molecular weight excluding hydrogens is 265 g/mol. The molecule has 0 radical (unpaired) electrons. The van der Waals surface area contributed by atoms with Gasteiger partial charge in [0.05, 0.1) is 11.9 Å². The van der Waals surface area contributed by atoms with Crippen LogP contribution in [0.15, 0.2) is 18.5 Å². The normalized spacial score (nSPS) is 10.8. The van der Waals surface area contributed by atoms with E-state index in [9.17, 15) is 9.18 Å². The molecule has 0 aromatic carbocycles. The molecule has 0 fully saturated rings. The standard InChI is InChI=1S/C13H14FN3OS/c1-7(2)11(18)17-12-8(3)16-13(19-12)9-4-10(14)6-15-5-9/h4-7H,1-3H3,(H,17,18). The van der Waals surface area contributed by atoms with Gasteiger partial charge < -0.3 is 5.32 Å². The molecule has 0 unspecified atom stereocenters. The van der Waals surface area contributed by atoms with Crippen molar-refractivity contribution in [1.29, 1.82) is 0 Å². The maximum absolute atomic E-state index is 13.1. The molecule has 0 aliphatic carbocycles. The number of halogens is 1. The largest absolute Gasteiger partial charge is 0.316 e. The Balaban J connectivity index is 2.28. The predicted octanol–water partition coefficient (Wildman–Crippen LogP) is 3.25. The number of anilines is 1. The van der Waals surface area contributed by atoms with E-state index in [0.29, 0.717) is 15.6 Å². The number of pyridine rings is 1. The van der Waals surface area contributed by atoms with E-state index in [1.807, 2.05) is 20.8 Å². The lowest BCUT2D eigenvalue weighted by molar-refractivity contribution is -0.118. The maximum atomic E-state index is 13.1. The Kier molecular flexibility index (Phi) is 3.90. The molecule has 4 nitrogen and oxygen atoms in total. The second-order valence-electron chi connectivity index (χ2n) is 4.47. The molecule has 2 aromatic heterocycles. The van der Waals surface area contributed by atoms with Crippen LogP contribution in [-0.4, -0.2) is 15.9 Å². The van der Waals surface area contributed by atoms with Gasteiger partial charge in [-0.05, 0) is 13.0 Å². The van der Waals surface area contributed by atoms with Gasteiger partial charge in [-0.25, -0.2) is 9.37 Å². The van der Waals surface area contributed by atoms with E-state index in [4.69, 9.17) is 0 Å². The quantitative estimate of drug-likeness (QED) is 0.938. The number of aryl methyl sites for hydroxylation is 1. The lowest BCUT2D eigenvalue weighted by Crippen LogP contribution is -2.17. The fraction of sp³-hybridized carbons (Fsp3) is 0.308. The Morgan fingerprint density at radius 2 is 2.16 bits per heavy atom. The summed E-state index contributed by atoms with van der Waals surface area (Å²) < 4.78 is 13.1. The van der Waals surface area contributed by atoms with E-state index in [1.165, 1.54) is 17.4 Å². The lowest BCUT2D eigenvalue weighted by Gasteiger charge is -2.04. The van der Waals surface area contributed by atoms with Gasteiger partial charge >= 0.3 is 0 Å². The van der Waals surface area contributed by atoms with Crippen LogP contribution in [0.1, 0.15) is 19.5 Å². The van der Waals surface area contributed by atoms with Crippen LogP contribution in [0.4, 0.5) is 9.39 Å². The Labute approximate surface area is 114 Å². The van der Waals surface area contributed by atoms with E-state index < -0.39 is 5.82 Å². The van der Waals surface area contributed by atoms with E-state index in [-0.39, 0.29) is 11.8 Å². The molecule has 2 aromatic rings. The molecule has 19 heavy (non-hydrogen) atoms. The molecule has 0 bridgehead atoms. The van der Waals surface area contributed by atoms with E-state index in [1.54, 1.807) is 6.20 Å². The highest BCUT2D eigenvalue weighted by atomic mass is 32.1. The van der Waals surface area contributed by atoms with Gasteiger partial charge in [0.2, 0.25) is 5.91 Å². The highest BCUT2D eigenvalue weighted by Gasteiger charge is 2.14. The first kappa shape index (κ1) is 13.6. The van der Waals surface area contributed by atoms with Crippen molar-refractivity contribution in [1.82, 2.24) is 9.97 Å². The first-order valence-corrected chi connectivity index (χ1v) is 6.68. The summed E-state index contributed by atoms with van der Waals surface area (Å²) in [6, 6.07) is 1.37. The van der Waals surface area contributed by atoms with Crippen molar-refractivity contribution in [2.75, 3.05) is 5.32 Å². The van der Waals surface area contributed by atoms with Crippen molar-refractivity contribution in [3.05, 3.63) is 30.0 Å². The fourth-order valence-electron chi connectivity index (χ4n) is 1.42. The summed E-state index contributed by atoms with van der Waals surface area (Å²) in [5.41, 5.74) is 1.33. The second-order valence-corrected chi connectivity index (χ2v) is 5.47. The maximum Gasteiger partial charge on any atom is 0.227 e. The molecule has 0 saturated carbocycles. The van der Waals surface area contributed by atoms with E-state index in [0.717, 1.165) is 11.9 Å². The SMILES string of the molecule is Cc1nc(-c2cncc(F)c2)sc1NC(=O)C(C)C. The number of hydrogen-bond donors (Lipinski definition) is 1. The van der Waals surface area contributed by atoms with Gasteiger partial charge in [0.1, 0.15) is 15.8 Å². The number of hydrogen-bond acceptors (Lipinski definition) is 4. The molecule has 1 N–H and O–H groups in total. The number of rotatable bonds is 3. The number of aromatic nitrogens is 2. The summed E-state index contributed by atoms with van der Waals surface area (Å²) in [5, 5.41) is 4.15. The van der Waals surface area contributed by atoms with Crippen LogP contribution in [0.2, 0.25) is 0 Å². The van der Waals surface area contributed by atoms with Crippen LogP contribution in [-0.2, 0) is 4.79 Å². The summed E-state index contributed by atoms with van der Waals surface area (Å²) in [6.07, 6.45) is 2.70. The fourth-order valence-corrected chi connectivity index (χ4v) is 2.37. The third-order valence-electron chi connectivity index (χ3n) is 2.51. The summed E-state index contributed by atoms with van der Waals surface area (Å²) in [5.74, 6) is -0.561. The van der Waals surface area contributed by atoms with Crippen molar-refractivity contribution in [3.63, 3.8) is 0 Å². The Morgan fingerprint density at radius 3 is 2.79 bits per heavy atom. The lowest BCUT2D eigenvalue weighted by atomic mass is 10.2. The summed E-state index contributed by atoms with van der Waals surface area (Å²) in [6.45, 7) is 5.45. The minimum atomic E-state index is -0.405. The zero-order valence-corrected chi connectivity index (χ0v) is 11.7. The van der Waals surface area contributed by atoms with Gasteiger partial charge in [-0.1, -0.05) is 25.2 Å². The highest BCUT2D eigenvalue weighted by Crippen LogP contribution is 2.31. The molecule has 2 heterocycles. The number of carbonyl (C=O) groups is 1. The van der Waals surface area contributed by atoms with Crippen LogP contribution in [0.25, 0.3) is 10.6 Å². The number of nitrogens with one attached hydrogen (secondary N) is 1. The van der Waals surface area contributed by atoms with Crippen molar-refractivity contribution < 1.29 is 9.18 Å². The van der Waals surface area contributed by atoms with Crippen LogP contribution in [0.3, 0.4) is 0 Å². The molecule has 0 aliphatic rings. The molecule has 0 atom stereocenters. The van der Waals surface area contributed by atoms with Gasteiger partial charge in [-0.2, -0.15) is 0 Å². The summed E-state index contributed by atoms with van der Waals surface area (Å²) >= 11 is 1.32. The average molecular weight is 279 g/mol. The first-order valence-electron chi connectivity index (χ1n) is 5.86. The topological polar surface area (TPSA) is 54.9 Å². The molecule has 100 valence electrons. The van der Waals surface area contributed by atoms with Crippen molar-refractivity contribution in [2.45, 2.75) is 20.8 Å². The zero-order chi connectivity index (χ0) is 14.0. The van der Waals surface area contributed by atoms with Gasteiger partial charge in [0.15, 0.2) is 0 Å². The summed E-state index contributed by atoms with van der Waals surface area (Å²) in [4.78, 5) is 19.8. The van der Waals surface area contributed by atoms with Crippen LogP contribution in [0.5, 0.6) is 0 Å². The molecule has 2 rings (SSSR count). The smallest absolute Gasteiger partial charge is 0.227 e. The molecule has 1 amide bonds. The summed E-state index contributed by atoms with van der Waals surface area (Å²) in [7, 11) is 0. The monoisotopic (exact) mass is 279 g/mol. The Hall–Kier alpha value is -1.82. The molecule has 0 spiro atoms. The third-order valence-corrected chi connectivity index (χ3v) is 3.63. The second kappa shape index (κ2) is 5.44. The minimum Gasteiger partial charge on any atom is -0.316 e. The Morgan fingerprint density at radius 1 is 1.42 bits per heavy atom. The number of thiazole rings is 1. The van der Waals surface area contributed by atoms with Gasteiger partial charge in [0, 0.05) is 17.7 Å². The minimum absolute atomic E-state index is 0.0596. The number of amides is 1. The molecule has 6 heteroatoms. The van der Waals surface area contributed by atoms with Crippen LogP contribution < -0.4 is 5.32 Å². The van der Waals surface area contributed by atoms with Gasteiger partial charge in [0.25, 0.3) is 0 Å². The van der Waals surface area contributed by atoms with Crippen molar-refractivity contribution >= 4 is 22.2 Å². The number of nitrogens with zero attached hydrogens (tertiary/aromatic N) is 2.